The van der Waals surface area contributed by atoms with Crippen molar-refractivity contribution in [2.75, 3.05) is 39.8 Å². The molecule has 1 aliphatic carbocycles. The third-order valence-electron chi connectivity index (χ3n) is 4.38. The van der Waals surface area contributed by atoms with Crippen molar-refractivity contribution < 1.29 is 17.9 Å². The second-order valence-corrected chi connectivity index (χ2v) is 7.98. The molecule has 1 aromatic carbocycles. The van der Waals surface area contributed by atoms with Crippen LogP contribution in [0.25, 0.3) is 0 Å². The van der Waals surface area contributed by atoms with Crippen molar-refractivity contribution in [3.63, 3.8) is 0 Å². The first kappa shape index (κ1) is 17.2. The van der Waals surface area contributed by atoms with Crippen molar-refractivity contribution >= 4 is 15.9 Å². The van der Waals surface area contributed by atoms with Gasteiger partial charge in [0.15, 0.2) is 0 Å². The lowest BCUT2D eigenvalue weighted by molar-refractivity contribution is -0.132. The van der Waals surface area contributed by atoms with Crippen molar-refractivity contribution in [3.05, 3.63) is 24.3 Å². The number of rotatable bonds is 6. The van der Waals surface area contributed by atoms with Gasteiger partial charge in [-0.25, -0.2) is 8.42 Å². The van der Waals surface area contributed by atoms with Gasteiger partial charge in [-0.1, -0.05) is 0 Å². The zero-order chi connectivity index (χ0) is 17.2. The van der Waals surface area contributed by atoms with Gasteiger partial charge in [0.1, 0.15) is 5.75 Å². The second-order valence-electron chi connectivity index (χ2n) is 6.09. The molecule has 132 valence electrons. The summed E-state index contributed by atoms with van der Waals surface area (Å²) in [6.07, 6.45) is 1.62. The molecule has 0 unspecified atom stereocenters. The number of hydrogen-bond acceptors (Lipinski definition) is 5. The van der Waals surface area contributed by atoms with E-state index in [0.29, 0.717) is 18.8 Å². The number of carbonyl (C=O) groups excluding carboxylic acids is 1. The summed E-state index contributed by atoms with van der Waals surface area (Å²) in [5.41, 5.74) is 0. The summed E-state index contributed by atoms with van der Waals surface area (Å²) in [6, 6.07) is 6.23. The molecule has 1 N–H and O–H groups in total. The lowest BCUT2D eigenvalue weighted by Gasteiger charge is -2.30. The number of hydrogen-bond donors (Lipinski definition) is 1. The summed E-state index contributed by atoms with van der Waals surface area (Å²) in [5, 5.41) is 3.19. The van der Waals surface area contributed by atoms with Gasteiger partial charge in [0.2, 0.25) is 15.9 Å². The molecular formula is C16H23N3O4S. The molecule has 8 heteroatoms. The lowest BCUT2D eigenvalue weighted by atomic mass is 10.3. The Bertz CT molecular complexity index is 680. The highest BCUT2D eigenvalue weighted by atomic mass is 32.2. The van der Waals surface area contributed by atoms with Crippen LogP contribution in [0.4, 0.5) is 0 Å². The van der Waals surface area contributed by atoms with Gasteiger partial charge in [-0.15, -0.1) is 0 Å². The number of carbonyl (C=O) groups is 1. The van der Waals surface area contributed by atoms with Crippen molar-refractivity contribution in [1.29, 1.82) is 0 Å². The van der Waals surface area contributed by atoms with E-state index in [4.69, 9.17) is 4.74 Å². The van der Waals surface area contributed by atoms with Gasteiger partial charge in [0, 0.05) is 32.2 Å². The van der Waals surface area contributed by atoms with Crippen molar-refractivity contribution in [3.8, 4) is 5.75 Å². The van der Waals surface area contributed by atoms with Crippen LogP contribution in [0.5, 0.6) is 5.75 Å². The Labute approximate surface area is 142 Å². The fourth-order valence-corrected chi connectivity index (χ4v) is 4.44. The van der Waals surface area contributed by atoms with Crippen LogP contribution >= 0.6 is 0 Å². The molecule has 2 fully saturated rings. The van der Waals surface area contributed by atoms with Crippen LogP contribution in [0.3, 0.4) is 0 Å². The van der Waals surface area contributed by atoms with Gasteiger partial charge in [-0.05, 0) is 37.1 Å². The molecule has 24 heavy (non-hydrogen) atoms. The Kier molecular flexibility index (Phi) is 5.07. The molecule has 0 radical (unpaired) electrons. The lowest BCUT2D eigenvalue weighted by Crippen LogP contribution is -2.50. The number of nitrogens with one attached hydrogen (secondary N) is 1. The number of sulfonamides is 1. The van der Waals surface area contributed by atoms with Gasteiger partial charge in [0.05, 0.1) is 18.6 Å². The molecule has 2 aliphatic rings. The molecular weight excluding hydrogens is 330 g/mol. The highest BCUT2D eigenvalue weighted by Crippen LogP contribution is 2.32. The first-order valence-electron chi connectivity index (χ1n) is 8.17. The van der Waals surface area contributed by atoms with Crippen LogP contribution < -0.4 is 10.1 Å². The highest BCUT2D eigenvalue weighted by molar-refractivity contribution is 7.89. The third kappa shape index (κ3) is 3.71. The average Bonchev–Trinajstić information content (AvgIpc) is 3.45. The quantitative estimate of drug-likeness (QED) is 0.795. The summed E-state index contributed by atoms with van der Waals surface area (Å²) in [6.45, 7) is 2.67. The van der Waals surface area contributed by atoms with Crippen LogP contribution in [0.1, 0.15) is 12.8 Å². The standard InChI is InChI=1S/C16H23N3O4S/c1-23-14-4-6-15(7-5-14)24(21,22)19(13-2-3-13)12-16(20)18-10-8-17-9-11-18/h4-7,13,17H,2-3,8-12H2,1H3. The fraction of sp³-hybridized carbons (Fsp3) is 0.562. The number of amides is 1. The monoisotopic (exact) mass is 353 g/mol. The Morgan fingerprint density at radius 2 is 1.88 bits per heavy atom. The van der Waals surface area contributed by atoms with E-state index in [1.807, 2.05) is 0 Å². The Balaban J connectivity index is 1.77. The number of benzene rings is 1. The van der Waals surface area contributed by atoms with E-state index in [9.17, 15) is 13.2 Å². The summed E-state index contributed by atoms with van der Waals surface area (Å²) in [5.74, 6) is 0.476. The van der Waals surface area contributed by atoms with Gasteiger partial charge in [-0.2, -0.15) is 4.31 Å². The Morgan fingerprint density at radius 1 is 1.25 bits per heavy atom. The van der Waals surface area contributed by atoms with Crippen LogP contribution in [-0.2, 0) is 14.8 Å². The number of nitrogens with zero attached hydrogens (tertiary/aromatic N) is 2. The molecule has 0 spiro atoms. The van der Waals surface area contributed by atoms with Crippen LogP contribution in [0.15, 0.2) is 29.2 Å². The van der Waals surface area contributed by atoms with Gasteiger partial charge in [-0.3, -0.25) is 4.79 Å². The second kappa shape index (κ2) is 7.08. The number of ether oxygens (including phenoxy) is 1. The molecule has 0 aromatic heterocycles. The smallest absolute Gasteiger partial charge is 0.243 e. The first-order chi connectivity index (χ1) is 11.5. The SMILES string of the molecule is COc1ccc(S(=O)(=O)N(CC(=O)N2CCNCC2)C2CC2)cc1. The number of methoxy groups -OCH3 is 1. The third-order valence-corrected chi connectivity index (χ3v) is 6.29. The van der Waals surface area contributed by atoms with Gasteiger partial charge >= 0.3 is 0 Å². The summed E-state index contributed by atoms with van der Waals surface area (Å²) < 4.78 is 32.3. The molecule has 1 saturated carbocycles. The van der Waals surface area contributed by atoms with Crippen LogP contribution in [-0.4, -0.2) is 69.4 Å². The van der Waals surface area contributed by atoms with Crippen LogP contribution in [0.2, 0.25) is 0 Å². The zero-order valence-corrected chi connectivity index (χ0v) is 14.6. The maximum Gasteiger partial charge on any atom is 0.243 e. The molecule has 0 atom stereocenters. The van der Waals surface area contributed by atoms with Gasteiger partial charge < -0.3 is 15.0 Å². The minimum Gasteiger partial charge on any atom is -0.497 e. The Morgan fingerprint density at radius 3 is 2.42 bits per heavy atom. The van der Waals surface area contributed by atoms with Crippen molar-refractivity contribution in [1.82, 2.24) is 14.5 Å². The number of piperazine rings is 1. The van der Waals surface area contributed by atoms with Crippen LogP contribution in [0, 0.1) is 0 Å². The molecule has 1 aromatic rings. The topological polar surface area (TPSA) is 79.0 Å². The first-order valence-corrected chi connectivity index (χ1v) is 9.61. The molecule has 1 aliphatic heterocycles. The molecule has 1 heterocycles. The summed E-state index contributed by atoms with van der Waals surface area (Å²) in [4.78, 5) is 14.4. The predicted molar refractivity (Wildman–Crippen MR) is 89.4 cm³/mol. The van der Waals surface area contributed by atoms with E-state index >= 15 is 0 Å². The predicted octanol–water partition coefficient (Wildman–Crippen LogP) is 0.280. The molecule has 1 saturated heterocycles. The zero-order valence-electron chi connectivity index (χ0n) is 13.8. The minimum atomic E-state index is -3.68. The van der Waals surface area contributed by atoms with E-state index in [2.05, 4.69) is 5.32 Å². The molecule has 7 nitrogen and oxygen atoms in total. The van der Waals surface area contributed by atoms with E-state index in [1.165, 1.54) is 23.5 Å². The van der Waals surface area contributed by atoms with E-state index in [1.54, 1.807) is 17.0 Å². The largest absolute Gasteiger partial charge is 0.497 e. The van der Waals surface area contributed by atoms with E-state index in [-0.39, 0.29) is 23.4 Å². The van der Waals surface area contributed by atoms with E-state index in [0.717, 1.165) is 25.9 Å². The van der Waals surface area contributed by atoms with E-state index < -0.39 is 10.0 Å². The molecule has 0 bridgehead atoms. The highest BCUT2D eigenvalue weighted by Gasteiger charge is 2.40. The summed E-state index contributed by atoms with van der Waals surface area (Å²) in [7, 11) is -2.15. The fourth-order valence-electron chi connectivity index (χ4n) is 2.80. The van der Waals surface area contributed by atoms with Crippen molar-refractivity contribution in [2.24, 2.45) is 0 Å². The van der Waals surface area contributed by atoms with Gasteiger partial charge in [0.25, 0.3) is 0 Å². The Hall–Kier alpha value is -1.64. The molecule has 3 rings (SSSR count). The summed E-state index contributed by atoms with van der Waals surface area (Å²) >= 11 is 0. The average molecular weight is 353 g/mol. The minimum absolute atomic E-state index is 0.0658. The normalized spacial score (nSPS) is 18.7. The maximum absolute atomic E-state index is 12.9. The van der Waals surface area contributed by atoms with Crippen molar-refractivity contribution in [2.45, 2.75) is 23.8 Å². The maximum atomic E-state index is 12.9. The molecule has 1 amide bonds.